The molecule has 2 rings (SSSR count). The van der Waals surface area contributed by atoms with Crippen molar-refractivity contribution < 1.29 is 19.5 Å². The number of amides is 3. The van der Waals surface area contributed by atoms with E-state index in [1.54, 1.807) is 24.3 Å². The minimum absolute atomic E-state index is 0.0681. The maximum Gasteiger partial charge on any atom is 0.404 e. The van der Waals surface area contributed by atoms with E-state index >= 15 is 0 Å². The summed E-state index contributed by atoms with van der Waals surface area (Å²) in [4.78, 5) is 36.4. The van der Waals surface area contributed by atoms with Crippen LogP contribution in [0.15, 0.2) is 24.3 Å². The Bertz CT molecular complexity index is 536. The molecule has 21 heavy (non-hydrogen) atoms. The van der Waals surface area contributed by atoms with Crippen molar-refractivity contribution in [2.24, 2.45) is 0 Å². The third-order valence-corrected chi connectivity index (χ3v) is 3.51. The van der Waals surface area contributed by atoms with Crippen LogP contribution in [-0.4, -0.2) is 40.5 Å². The van der Waals surface area contributed by atoms with Gasteiger partial charge in [0.2, 0.25) is 0 Å². The highest BCUT2D eigenvalue weighted by molar-refractivity contribution is 6.21. The molecule has 0 bridgehead atoms. The second-order valence-corrected chi connectivity index (χ2v) is 5.06. The smallest absolute Gasteiger partial charge is 0.404 e. The molecule has 0 aliphatic carbocycles. The summed E-state index contributed by atoms with van der Waals surface area (Å²) in [7, 11) is 0. The van der Waals surface area contributed by atoms with E-state index < -0.39 is 12.1 Å². The summed E-state index contributed by atoms with van der Waals surface area (Å²) in [6.07, 6.45) is 1.19. The molecular weight excluding hydrogens is 272 g/mol. The number of benzene rings is 1. The van der Waals surface area contributed by atoms with Crippen LogP contribution >= 0.6 is 0 Å². The Balaban J connectivity index is 2.13. The monoisotopic (exact) mass is 290 g/mol. The Morgan fingerprint density at radius 2 is 1.81 bits per heavy atom. The molecule has 1 heterocycles. The van der Waals surface area contributed by atoms with Crippen LogP contribution in [-0.2, 0) is 0 Å². The van der Waals surface area contributed by atoms with Crippen molar-refractivity contribution >= 4 is 17.9 Å². The van der Waals surface area contributed by atoms with Crippen molar-refractivity contribution in [1.82, 2.24) is 10.2 Å². The van der Waals surface area contributed by atoms with Gasteiger partial charge < -0.3 is 10.4 Å². The number of hydrogen-bond acceptors (Lipinski definition) is 3. The molecule has 0 fully saturated rings. The first-order chi connectivity index (χ1) is 10.0. The number of nitrogens with one attached hydrogen (secondary N) is 1. The van der Waals surface area contributed by atoms with Gasteiger partial charge >= 0.3 is 6.09 Å². The van der Waals surface area contributed by atoms with Crippen molar-refractivity contribution in [3.63, 3.8) is 0 Å². The number of unbranched alkanes of at least 4 members (excludes halogenated alkanes) is 1. The quantitative estimate of drug-likeness (QED) is 0.786. The molecule has 6 nitrogen and oxygen atoms in total. The summed E-state index contributed by atoms with van der Waals surface area (Å²) in [5.74, 6) is -0.714. The lowest BCUT2D eigenvalue weighted by molar-refractivity contribution is 0.0634. The van der Waals surface area contributed by atoms with Gasteiger partial charge in [-0.15, -0.1) is 0 Å². The largest absolute Gasteiger partial charge is 0.465 e. The zero-order valence-electron chi connectivity index (χ0n) is 11.8. The Hall–Kier alpha value is -2.37. The number of fused-ring (bicyclic) bond motifs is 1. The molecule has 1 aliphatic rings. The maximum atomic E-state index is 12.2. The highest BCUT2D eigenvalue weighted by Crippen LogP contribution is 2.23. The normalized spacial score (nSPS) is 15.0. The highest BCUT2D eigenvalue weighted by Gasteiger charge is 2.36. The number of hydrogen-bond donors (Lipinski definition) is 2. The third kappa shape index (κ3) is 3.21. The fourth-order valence-corrected chi connectivity index (χ4v) is 2.46. The van der Waals surface area contributed by atoms with Gasteiger partial charge in [-0.05, 0) is 18.6 Å². The van der Waals surface area contributed by atoms with Crippen LogP contribution in [0.5, 0.6) is 0 Å². The summed E-state index contributed by atoms with van der Waals surface area (Å²) in [6, 6.07) is 6.20. The van der Waals surface area contributed by atoms with E-state index in [1.165, 1.54) is 0 Å². The second kappa shape index (κ2) is 6.39. The van der Waals surface area contributed by atoms with E-state index in [9.17, 15) is 14.4 Å². The standard InChI is InChI=1S/C15H18N2O4/c1-2-3-6-10(16-15(20)21)9-17-13(18)11-7-4-5-8-12(11)14(17)19/h4-5,7-8,10,16H,2-3,6,9H2,1H3,(H,20,21). The van der Waals surface area contributed by atoms with Crippen molar-refractivity contribution in [3.8, 4) is 0 Å². The molecule has 2 N–H and O–H groups in total. The topological polar surface area (TPSA) is 86.7 Å². The molecule has 6 heteroatoms. The first kappa shape index (κ1) is 15.0. The van der Waals surface area contributed by atoms with Gasteiger partial charge in [0.15, 0.2) is 0 Å². The highest BCUT2D eigenvalue weighted by atomic mass is 16.4. The first-order valence-electron chi connectivity index (χ1n) is 6.99. The molecule has 1 aromatic rings. The lowest BCUT2D eigenvalue weighted by Gasteiger charge is -2.22. The minimum Gasteiger partial charge on any atom is -0.465 e. The van der Waals surface area contributed by atoms with Crippen LogP contribution in [0, 0.1) is 0 Å². The zero-order valence-corrected chi connectivity index (χ0v) is 11.8. The Kier molecular flexibility index (Phi) is 4.57. The fourth-order valence-electron chi connectivity index (χ4n) is 2.46. The van der Waals surface area contributed by atoms with Crippen LogP contribution in [0.1, 0.15) is 46.9 Å². The number of rotatable bonds is 6. The average Bonchev–Trinajstić information content (AvgIpc) is 2.70. The molecular formula is C15H18N2O4. The lowest BCUT2D eigenvalue weighted by Crippen LogP contribution is -2.45. The van der Waals surface area contributed by atoms with Crippen LogP contribution in [0.2, 0.25) is 0 Å². The van der Waals surface area contributed by atoms with Gasteiger partial charge in [-0.3, -0.25) is 14.5 Å². The van der Waals surface area contributed by atoms with E-state index in [0.717, 1.165) is 17.7 Å². The van der Waals surface area contributed by atoms with Gasteiger partial charge in [-0.2, -0.15) is 0 Å². The number of carboxylic acid groups (broad SMARTS) is 1. The number of carbonyl (C=O) groups excluding carboxylic acids is 2. The van der Waals surface area contributed by atoms with E-state index in [2.05, 4.69) is 5.32 Å². The molecule has 0 saturated carbocycles. The third-order valence-electron chi connectivity index (χ3n) is 3.51. The average molecular weight is 290 g/mol. The predicted octanol–water partition coefficient (Wildman–Crippen LogP) is 2.11. The van der Waals surface area contributed by atoms with E-state index in [-0.39, 0.29) is 18.4 Å². The molecule has 0 aromatic heterocycles. The van der Waals surface area contributed by atoms with Gasteiger partial charge in [0, 0.05) is 6.54 Å². The number of carbonyl (C=O) groups is 3. The summed E-state index contributed by atoms with van der Waals surface area (Å²) in [5.41, 5.74) is 0.763. The van der Waals surface area contributed by atoms with Crippen molar-refractivity contribution in [3.05, 3.63) is 35.4 Å². The van der Waals surface area contributed by atoms with Gasteiger partial charge in [0.05, 0.1) is 17.2 Å². The molecule has 1 aromatic carbocycles. The SMILES string of the molecule is CCCCC(CN1C(=O)c2ccccc2C1=O)NC(=O)O. The first-order valence-corrected chi connectivity index (χ1v) is 6.99. The molecule has 112 valence electrons. The second-order valence-electron chi connectivity index (χ2n) is 5.06. The van der Waals surface area contributed by atoms with Crippen LogP contribution < -0.4 is 5.32 Å². The van der Waals surface area contributed by atoms with Crippen LogP contribution in [0.3, 0.4) is 0 Å². The van der Waals surface area contributed by atoms with Crippen molar-refractivity contribution in [1.29, 1.82) is 0 Å². The summed E-state index contributed by atoms with van der Waals surface area (Å²) >= 11 is 0. The van der Waals surface area contributed by atoms with Gasteiger partial charge in [0.1, 0.15) is 0 Å². The van der Waals surface area contributed by atoms with Gasteiger partial charge in [-0.1, -0.05) is 31.9 Å². The van der Waals surface area contributed by atoms with E-state index in [1.807, 2.05) is 6.92 Å². The molecule has 1 aliphatic heterocycles. The molecule has 0 saturated heterocycles. The summed E-state index contributed by atoms with van der Waals surface area (Å²) in [5, 5.41) is 11.2. The zero-order chi connectivity index (χ0) is 15.4. The molecule has 1 unspecified atom stereocenters. The van der Waals surface area contributed by atoms with E-state index in [0.29, 0.717) is 17.5 Å². The van der Waals surface area contributed by atoms with E-state index in [4.69, 9.17) is 5.11 Å². The molecule has 1 atom stereocenters. The molecule has 3 amide bonds. The predicted molar refractivity (Wildman–Crippen MR) is 76.3 cm³/mol. The molecule has 0 radical (unpaired) electrons. The maximum absolute atomic E-state index is 12.2. The van der Waals surface area contributed by atoms with Crippen LogP contribution in [0.4, 0.5) is 4.79 Å². The van der Waals surface area contributed by atoms with Crippen molar-refractivity contribution in [2.45, 2.75) is 32.2 Å². The lowest BCUT2D eigenvalue weighted by atomic mass is 10.1. The van der Waals surface area contributed by atoms with Crippen molar-refractivity contribution in [2.75, 3.05) is 6.54 Å². The Morgan fingerprint density at radius 3 is 2.29 bits per heavy atom. The van der Waals surface area contributed by atoms with Gasteiger partial charge in [0.25, 0.3) is 11.8 Å². The summed E-state index contributed by atoms with van der Waals surface area (Å²) < 4.78 is 0. The minimum atomic E-state index is -1.15. The number of imide groups is 1. The Labute approximate surface area is 122 Å². The summed E-state index contributed by atoms with van der Waals surface area (Å²) in [6.45, 7) is 2.07. The Morgan fingerprint density at radius 1 is 1.24 bits per heavy atom. The fraction of sp³-hybridized carbons (Fsp3) is 0.400. The molecule has 0 spiro atoms. The van der Waals surface area contributed by atoms with Crippen LogP contribution in [0.25, 0.3) is 0 Å². The van der Waals surface area contributed by atoms with Gasteiger partial charge in [-0.25, -0.2) is 4.79 Å². The number of nitrogens with zero attached hydrogens (tertiary/aromatic N) is 1.